The molecule has 0 bridgehead atoms. The molecule has 0 saturated heterocycles. The molecule has 0 fully saturated rings. The predicted molar refractivity (Wildman–Crippen MR) is 98.5 cm³/mol. The minimum atomic E-state index is 0.108. The fraction of sp³-hybridized carbons (Fsp3) is 0.526. The van der Waals surface area contributed by atoms with Gasteiger partial charge in [0.15, 0.2) is 11.5 Å². The first-order valence-corrected chi connectivity index (χ1v) is 8.51. The van der Waals surface area contributed by atoms with Crippen LogP contribution in [0.3, 0.4) is 0 Å². The third-order valence-corrected chi connectivity index (χ3v) is 4.12. The van der Waals surface area contributed by atoms with Gasteiger partial charge in [0.2, 0.25) is 5.88 Å². The summed E-state index contributed by atoms with van der Waals surface area (Å²) >= 11 is 0. The molecule has 0 unspecified atom stereocenters. The number of rotatable bonds is 8. The van der Waals surface area contributed by atoms with Gasteiger partial charge in [0.1, 0.15) is 0 Å². The Balaban J connectivity index is 2.12. The maximum atomic E-state index is 5.78. The summed E-state index contributed by atoms with van der Waals surface area (Å²) in [7, 11) is 5.22. The number of ether oxygens (including phenoxy) is 3. The number of benzene rings is 1. The summed E-state index contributed by atoms with van der Waals surface area (Å²) in [6, 6.07) is 6.18. The molecule has 2 aromatic rings. The van der Waals surface area contributed by atoms with Crippen molar-refractivity contribution >= 4 is 0 Å². The number of hydrogen-bond donors (Lipinski definition) is 1. The number of nitrogens with zero attached hydrogens (tertiary/aromatic N) is 2. The first kappa shape index (κ1) is 19.1. The molecular weight excluding hydrogens is 318 g/mol. The molecule has 1 N–H and O–H groups in total. The highest BCUT2D eigenvalue weighted by Crippen LogP contribution is 2.31. The Morgan fingerprint density at radius 2 is 1.84 bits per heavy atom. The number of hydrogen-bond acceptors (Lipinski definition) is 5. The van der Waals surface area contributed by atoms with Crippen molar-refractivity contribution in [3.05, 3.63) is 35.0 Å². The number of methoxy groups -OCH3 is 2. The van der Waals surface area contributed by atoms with Crippen LogP contribution < -0.4 is 19.5 Å². The Bertz CT molecular complexity index is 710. The van der Waals surface area contributed by atoms with Crippen molar-refractivity contribution in [3.8, 4) is 17.4 Å². The van der Waals surface area contributed by atoms with Crippen LogP contribution in [0, 0.1) is 6.92 Å². The molecule has 2 rings (SSSR count). The van der Waals surface area contributed by atoms with Crippen LogP contribution in [0.2, 0.25) is 0 Å². The van der Waals surface area contributed by atoms with Crippen molar-refractivity contribution in [1.82, 2.24) is 15.1 Å². The Labute approximate surface area is 150 Å². The summed E-state index contributed by atoms with van der Waals surface area (Å²) in [6.45, 7) is 8.79. The zero-order chi connectivity index (χ0) is 18.6. The highest BCUT2D eigenvalue weighted by molar-refractivity contribution is 5.44. The molecular formula is C19H29N3O3. The lowest BCUT2D eigenvalue weighted by molar-refractivity contribution is 0.230. The summed E-state index contributed by atoms with van der Waals surface area (Å²) in [5.41, 5.74) is 3.18. The van der Waals surface area contributed by atoms with Crippen LogP contribution in [0.1, 0.15) is 43.6 Å². The van der Waals surface area contributed by atoms with Gasteiger partial charge in [-0.1, -0.05) is 6.07 Å². The molecule has 0 aliphatic heterocycles. The highest BCUT2D eigenvalue weighted by atomic mass is 16.5. The van der Waals surface area contributed by atoms with Gasteiger partial charge in [0.25, 0.3) is 0 Å². The van der Waals surface area contributed by atoms with Gasteiger partial charge in [-0.2, -0.15) is 5.10 Å². The first-order valence-electron chi connectivity index (χ1n) is 8.51. The van der Waals surface area contributed by atoms with E-state index >= 15 is 0 Å². The van der Waals surface area contributed by atoms with Gasteiger partial charge in [-0.3, -0.25) is 0 Å². The normalized spacial score (nSPS) is 12.3. The van der Waals surface area contributed by atoms with E-state index in [9.17, 15) is 0 Å². The predicted octanol–water partition coefficient (Wildman–Crippen LogP) is 3.38. The second kappa shape index (κ2) is 8.25. The Kier molecular flexibility index (Phi) is 6.31. The van der Waals surface area contributed by atoms with Gasteiger partial charge < -0.3 is 19.5 Å². The molecule has 0 amide bonds. The summed E-state index contributed by atoms with van der Waals surface area (Å²) in [5, 5.41) is 7.94. The van der Waals surface area contributed by atoms with E-state index in [-0.39, 0.29) is 12.1 Å². The summed E-state index contributed by atoms with van der Waals surface area (Å²) in [5.74, 6) is 2.30. The number of aromatic nitrogens is 2. The maximum Gasteiger partial charge on any atom is 0.216 e. The van der Waals surface area contributed by atoms with Crippen LogP contribution in [0.25, 0.3) is 0 Å². The van der Waals surface area contributed by atoms with Crippen LogP contribution in [-0.2, 0) is 13.6 Å². The van der Waals surface area contributed by atoms with Gasteiger partial charge in [-0.15, -0.1) is 0 Å². The second-order valence-electron chi connectivity index (χ2n) is 6.38. The Morgan fingerprint density at radius 1 is 1.12 bits per heavy atom. The van der Waals surface area contributed by atoms with Crippen molar-refractivity contribution in [2.45, 2.75) is 46.4 Å². The Hall–Kier alpha value is -2.21. The topological polar surface area (TPSA) is 57.5 Å². The maximum absolute atomic E-state index is 5.78. The van der Waals surface area contributed by atoms with Crippen molar-refractivity contribution in [1.29, 1.82) is 0 Å². The molecule has 138 valence electrons. The average molecular weight is 347 g/mol. The van der Waals surface area contributed by atoms with E-state index in [1.54, 1.807) is 18.9 Å². The molecule has 0 saturated carbocycles. The quantitative estimate of drug-likeness (QED) is 0.793. The van der Waals surface area contributed by atoms with E-state index in [0.717, 1.165) is 34.2 Å². The van der Waals surface area contributed by atoms with Crippen LogP contribution in [0.5, 0.6) is 17.4 Å². The molecule has 1 aromatic carbocycles. The summed E-state index contributed by atoms with van der Waals surface area (Å²) in [4.78, 5) is 0. The molecule has 0 aliphatic rings. The van der Waals surface area contributed by atoms with Crippen molar-refractivity contribution < 1.29 is 14.2 Å². The first-order chi connectivity index (χ1) is 11.9. The zero-order valence-corrected chi connectivity index (χ0v) is 16.2. The third-order valence-electron chi connectivity index (χ3n) is 4.12. The SMILES string of the molecule is COc1cc([C@H](C)NCc2c(C)nn(C)c2OC)ccc1OC(C)C. The van der Waals surface area contributed by atoms with Crippen LogP contribution in [0.4, 0.5) is 0 Å². The lowest BCUT2D eigenvalue weighted by Gasteiger charge is -2.18. The van der Waals surface area contributed by atoms with E-state index in [2.05, 4.69) is 23.4 Å². The molecule has 0 aliphatic carbocycles. The fourth-order valence-electron chi connectivity index (χ4n) is 2.82. The molecule has 1 heterocycles. The number of aryl methyl sites for hydroxylation is 2. The van der Waals surface area contributed by atoms with Crippen molar-refractivity contribution in [2.24, 2.45) is 7.05 Å². The molecule has 6 heteroatoms. The van der Waals surface area contributed by atoms with E-state index in [1.807, 2.05) is 40.0 Å². The van der Waals surface area contributed by atoms with Crippen molar-refractivity contribution in [2.75, 3.05) is 14.2 Å². The smallest absolute Gasteiger partial charge is 0.216 e. The molecule has 0 radical (unpaired) electrons. The molecule has 1 atom stereocenters. The molecule has 0 spiro atoms. The van der Waals surface area contributed by atoms with Gasteiger partial charge in [-0.05, 0) is 45.4 Å². The van der Waals surface area contributed by atoms with Crippen LogP contribution in [-0.4, -0.2) is 30.1 Å². The number of nitrogens with one attached hydrogen (secondary N) is 1. The standard InChI is InChI=1S/C19H29N3O3/c1-12(2)25-17-9-8-15(10-18(17)23-6)13(3)20-11-16-14(4)21-22(5)19(16)24-7/h8-10,12-13,20H,11H2,1-7H3/t13-/m0/s1. The summed E-state index contributed by atoms with van der Waals surface area (Å²) in [6.07, 6.45) is 0.108. The lowest BCUT2D eigenvalue weighted by Crippen LogP contribution is -2.19. The van der Waals surface area contributed by atoms with Gasteiger partial charge in [-0.25, -0.2) is 4.68 Å². The van der Waals surface area contributed by atoms with Crippen molar-refractivity contribution in [3.63, 3.8) is 0 Å². The van der Waals surface area contributed by atoms with E-state index in [1.165, 1.54) is 0 Å². The average Bonchev–Trinajstić information content (AvgIpc) is 2.85. The lowest BCUT2D eigenvalue weighted by atomic mass is 10.1. The fourth-order valence-corrected chi connectivity index (χ4v) is 2.82. The molecule has 6 nitrogen and oxygen atoms in total. The summed E-state index contributed by atoms with van der Waals surface area (Å²) < 4.78 is 18.5. The monoisotopic (exact) mass is 347 g/mol. The largest absolute Gasteiger partial charge is 0.493 e. The van der Waals surface area contributed by atoms with E-state index in [0.29, 0.717) is 6.54 Å². The van der Waals surface area contributed by atoms with E-state index in [4.69, 9.17) is 14.2 Å². The van der Waals surface area contributed by atoms with Crippen LogP contribution >= 0.6 is 0 Å². The van der Waals surface area contributed by atoms with Crippen LogP contribution in [0.15, 0.2) is 18.2 Å². The minimum Gasteiger partial charge on any atom is -0.493 e. The highest BCUT2D eigenvalue weighted by Gasteiger charge is 2.16. The third kappa shape index (κ3) is 4.45. The minimum absolute atomic E-state index is 0.108. The van der Waals surface area contributed by atoms with Gasteiger partial charge in [0.05, 0.1) is 31.6 Å². The van der Waals surface area contributed by atoms with E-state index < -0.39 is 0 Å². The zero-order valence-electron chi connectivity index (χ0n) is 16.2. The van der Waals surface area contributed by atoms with Gasteiger partial charge >= 0.3 is 0 Å². The Morgan fingerprint density at radius 3 is 2.44 bits per heavy atom. The second-order valence-corrected chi connectivity index (χ2v) is 6.38. The molecule has 25 heavy (non-hydrogen) atoms. The molecule has 1 aromatic heterocycles. The van der Waals surface area contributed by atoms with Gasteiger partial charge in [0, 0.05) is 19.6 Å².